The number of rotatable bonds is 20. The van der Waals surface area contributed by atoms with Gasteiger partial charge in [-0.05, 0) is 44.4 Å². The van der Waals surface area contributed by atoms with Crippen LogP contribution in [0.1, 0.15) is 58.8 Å². The third kappa shape index (κ3) is 16.6. The lowest BCUT2D eigenvalue weighted by Gasteiger charge is -2.26. The molecule has 4 unspecified atom stereocenters. The van der Waals surface area contributed by atoms with Crippen molar-refractivity contribution in [1.82, 2.24) is 16.0 Å². The molecule has 0 fully saturated rings. The van der Waals surface area contributed by atoms with Crippen molar-refractivity contribution in [3.05, 3.63) is 0 Å². The van der Waals surface area contributed by atoms with Crippen LogP contribution in [0.4, 0.5) is 0 Å². The van der Waals surface area contributed by atoms with Crippen LogP contribution in [-0.4, -0.2) is 89.0 Å². The van der Waals surface area contributed by atoms with Crippen molar-refractivity contribution >= 4 is 41.6 Å². The van der Waals surface area contributed by atoms with E-state index >= 15 is 0 Å². The summed E-state index contributed by atoms with van der Waals surface area (Å²) in [6.07, 6.45) is 0.305. The third-order valence-corrected chi connectivity index (χ3v) is 5.48. The van der Waals surface area contributed by atoms with Gasteiger partial charge in [-0.25, -0.2) is 4.79 Å². The van der Waals surface area contributed by atoms with E-state index in [4.69, 9.17) is 33.8 Å². The first-order valence-electron chi connectivity index (χ1n) is 12.9. The summed E-state index contributed by atoms with van der Waals surface area (Å²) in [4.78, 5) is 68.9. The molecule has 0 aliphatic carbocycles. The Bertz CT molecular complexity index is 918. The summed E-state index contributed by atoms with van der Waals surface area (Å²) >= 11 is 0. The number of nitrogens with one attached hydrogen (secondary N) is 3. The standard InChI is InChI=1S/C23H44N10O7/c1-12(2)11-16(33-18(36)13(24)5-3-9-29-22(25)26)20(38)31-14(6-4-10-30-23(27)28)19(37)32-15(21(39)40)7-8-17(34)35/h12-16H,3-11,24H2,1-2H3,(H,31,38)(H,32,37)(H,33,36)(H,34,35)(H,39,40)(H4,25,26,29)(H4,27,28,30). The van der Waals surface area contributed by atoms with Gasteiger partial charge in [0.25, 0.3) is 0 Å². The summed E-state index contributed by atoms with van der Waals surface area (Å²) in [5, 5.41) is 25.7. The molecular formula is C23H44N10O7. The maximum absolute atomic E-state index is 13.2. The fraction of sp³-hybridized carbons (Fsp3) is 0.696. The Morgan fingerprint density at radius 1 is 0.700 bits per heavy atom. The van der Waals surface area contributed by atoms with E-state index < -0.39 is 60.2 Å². The molecule has 0 aromatic heterocycles. The van der Waals surface area contributed by atoms with Gasteiger partial charge in [0, 0.05) is 19.5 Å². The van der Waals surface area contributed by atoms with Crippen LogP contribution in [0.3, 0.4) is 0 Å². The van der Waals surface area contributed by atoms with Crippen LogP contribution >= 0.6 is 0 Å². The van der Waals surface area contributed by atoms with Gasteiger partial charge in [-0.1, -0.05) is 13.8 Å². The molecule has 0 saturated heterocycles. The monoisotopic (exact) mass is 572 g/mol. The van der Waals surface area contributed by atoms with Crippen LogP contribution in [0.5, 0.6) is 0 Å². The molecule has 228 valence electrons. The number of nitrogens with zero attached hydrogens (tertiary/aromatic N) is 2. The summed E-state index contributed by atoms with van der Waals surface area (Å²) in [7, 11) is 0. The first kappa shape index (κ1) is 35.9. The number of carboxylic acids is 2. The molecular weight excluding hydrogens is 528 g/mol. The van der Waals surface area contributed by atoms with Gasteiger partial charge in [-0.2, -0.15) is 0 Å². The maximum atomic E-state index is 13.2. The highest BCUT2D eigenvalue weighted by molar-refractivity contribution is 5.94. The number of aliphatic carboxylic acids is 2. The molecule has 0 spiro atoms. The molecule has 0 saturated carbocycles. The minimum atomic E-state index is -1.50. The Morgan fingerprint density at radius 2 is 1.18 bits per heavy atom. The Morgan fingerprint density at radius 3 is 1.65 bits per heavy atom. The molecule has 15 N–H and O–H groups in total. The van der Waals surface area contributed by atoms with Gasteiger partial charge in [-0.3, -0.25) is 29.2 Å². The van der Waals surface area contributed by atoms with Gasteiger partial charge in [0.05, 0.1) is 6.04 Å². The van der Waals surface area contributed by atoms with Crippen LogP contribution < -0.4 is 44.6 Å². The van der Waals surface area contributed by atoms with Crippen molar-refractivity contribution in [2.45, 2.75) is 83.0 Å². The fourth-order valence-corrected chi connectivity index (χ4v) is 3.47. The zero-order valence-electron chi connectivity index (χ0n) is 23.0. The first-order valence-corrected chi connectivity index (χ1v) is 12.9. The van der Waals surface area contributed by atoms with Crippen molar-refractivity contribution in [2.75, 3.05) is 13.1 Å². The SMILES string of the molecule is CC(C)CC(NC(=O)C(N)CCCN=C(N)N)C(=O)NC(CCCN=C(N)N)C(=O)NC(CCC(=O)O)C(=O)O. The number of carbonyl (C=O) groups excluding carboxylic acids is 3. The average Bonchev–Trinajstić information content (AvgIpc) is 2.84. The summed E-state index contributed by atoms with van der Waals surface area (Å²) in [6.45, 7) is 4.08. The van der Waals surface area contributed by atoms with Crippen molar-refractivity contribution in [1.29, 1.82) is 0 Å². The van der Waals surface area contributed by atoms with Crippen LogP contribution in [0.2, 0.25) is 0 Å². The van der Waals surface area contributed by atoms with Gasteiger partial charge in [0.2, 0.25) is 17.7 Å². The molecule has 0 aliphatic rings. The van der Waals surface area contributed by atoms with Gasteiger partial charge in [0.15, 0.2) is 11.9 Å². The predicted octanol–water partition coefficient (Wildman–Crippen LogP) is -3.13. The average molecular weight is 573 g/mol. The highest BCUT2D eigenvalue weighted by Crippen LogP contribution is 2.09. The van der Waals surface area contributed by atoms with Gasteiger partial charge < -0.3 is 54.8 Å². The second-order valence-electron chi connectivity index (χ2n) is 9.59. The summed E-state index contributed by atoms with van der Waals surface area (Å²) in [6, 6.07) is -4.72. The fourth-order valence-electron chi connectivity index (χ4n) is 3.47. The van der Waals surface area contributed by atoms with Crippen molar-refractivity contribution in [2.24, 2.45) is 44.6 Å². The number of nitrogens with two attached hydrogens (primary N) is 5. The molecule has 17 nitrogen and oxygen atoms in total. The van der Waals surface area contributed by atoms with Crippen LogP contribution in [0.25, 0.3) is 0 Å². The number of carboxylic acid groups (broad SMARTS) is 2. The van der Waals surface area contributed by atoms with E-state index in [1.807, 2.05) is 13.8 Å². The van der Waals surface area contributed by atoms with E-state index in [1.165, 1.54) is 0 Å². The molecule has 0 rings (SSSR count). The molecule has 0 bridgehead atoms. The minimum absolute atomic E-state index is 0.0201. The lowest BCUT2D eigenvalue weighted by Crippen LogP contribution is -2.57. The number of hydrogen-bond acceptors (Lipinski definition) is 8. The second-order valence-corrected chi connectivity index (χ2v) is 9.59. The Balaban J connectivity index is 5.60. The van der Waals surface area contributed by atoms with Crippen LogP contribution in [0.15, 0.2) is 9.98 Å². The van der Waals surface area contributed by atoms with Crippen molar-refractivity contribution in [3.8, 4) is 0 Å². The quantitative estimate of drug-likeness (QED) is 0.0393. The summed E-state index contributed by atoms with van der Waals surface area (Å²) < 4.78 is 0. The summed E-state index contributed by atoms with van der Waals surface area (Å²) in [5.41, 5.74) is 27.1. The van der Waals surface area contributed by atoms with Crippen LogP contribution in [-0.2, 0) is 24.0 Å². The Kier molecular flexibility index (Phi) is 17.0. The minimum Gasteiger partial charge on any atom is -0.481 e. The zero-order chi connectivity index (χ0) is 30.8. The molecule has 0 aliphatic heterocycles. The molecule has 0 aromatic carbocycles. The molecule has 17 heteroatoms. The lowest BCUT2D eigenvalue weighted by atomic mass is 10.0. The predicted molar refractivity (Wildman–Crippen MR) is 148 cm³/mol. The number of amides is 3. The van der Waals surface area contributed by atoms with Gasteiger partial charge in [0.1, 0.15) is 18.1 Å². The first-order chi connectivity index (χ1) is 18.6. The normalized spacial score (nSPS) is 13.7. The second kappa shape index (κ2) is 19.0. The summed E-state index contributed by atoms with van der Waals surface area (Å²) in [5.74, 6) is -5.06. The Labute approximate surface area is 232 Å². The molecule has 0 radical (unpaired) electrons. The number of hydrogen-bond donors (Lipinski definition) is 10. The highest BCUT2D eigenvalue weighted by atomic mass is 16.4. The van der Waals surface area contributed by atoms with Gasteiger partial charge >= 0.3 is 11.9 Å². The third-order valence-electron chi connectivity index (χ3n) is 5.48. The molecule has 40 heavy (non-hydrogen) atoms. The van der Waals surface area contributed by atoms with Crippen LogP contribution in [0, 0.1) is 5.92 Å². The number of aliphatic imine (C=N–C) groups is 2. The lowest BCUT2D eigenvalue weighted by molar-refractivity contribution is -0.143. The van der Waals surface area contributed by atoms with E-state index in [1.54, 1.807) is 0 Å². The van der Waals surface area contributed by atoms with E-state index in [2.05, 4.69) is 25.9 Å². The van der Waals surface area contributed by atoms with E-state index in [9.17, 15) is 29.1 Å². The highest BCUT2D eigenvalue weighted by Gasteiger charge is 2.30. The van der Waals surface area contributed by atoms with Crippen molar-refractivity contribution in [3.63, 3.8) is 0 Å². The molecule has 3 amide bonds. The van der Waals surface area contributed by atoms with Gasteiger partial charge in [-0.15, -0.1) is 0 Å². The topological polar surface area (TPSA) is 317 Å². The van der Waals surface area contributed by atoms with E-state index in [-0.39, 0.29) is 63.0 Å². The number of guanidine groups is 2. The Hall–Kier alpha value is -4.15. The molecule has 0 heterocycles. The smallest absolute Gasteiger partial charge is 0.326 e. The number of carbonyl (C=O) groups is 5. The molecule has 0 aromatic rings. The van der Waals surface area contributed by atoms with E-state index in [0.29, 0.717) is 6.42 Å². The van der Waals surface area contributed by atoms with Crippen molar-refractivity contribution < 1.29 is 34.2 Å². The van der Waals surface area contributed by atoms with E-state index in [0.717, 1.165) is 0 Å². The maximum Gasteiger partial charge on any atom is 0.326 e. The zero-order valence-corrected chi connectivity index (χ0v) is 23.0. The molecule has 4 atom stereocenters. The largest absolute Gasteiger partial charge is 0.481 e.